The summed E-state index contributed by atoms with van der Waals surface area (Å²) in [4.78, 5) is 5.46. The molecular weight excluding hydrogens is 510 g/mol. The van der Waals surface area contributed by atoms with E-state index in [1.54, 1.807) is 6.07 Å². The summed E-state index contributed by atoms with van der Waals surface area (Å²) in [5.41, 5.74) is 3.03. The van der Waals surface area contributed by atoms with Gasteiger partial charge in [-0.3, -0.25) is 0 Å². The first-order chi connectivity index (χ1) is 16.9. The Balaban J connectivity index is 1.56. The lowest BCUT2D eigenvalue weighted by molar-refractivity contribution is 0.109. The normalized spacial score (nSPS) is 16.4. The Morgan fingerprint density at radius 3 is 2.74 bits per heavy atom. The highest BCUT2D eigenvalue weighted by atomic mass is 35.5. The quantitative estimate of drug-likeness (QED) is 0.348. The minimum atomic E-state index is -2.02. The zero-order valence-electron chi connectivity index (χ0n) is 18.5. The molecule has 2 atom stereocenters. The fraction of sp³-hybridized carbons (Fsp3) is 0.160. The van der Waals surface area contributed by atoms with E-state index in [1.807, 2.05) is 43.3 Å². The van der Waals surface area contributed by atoms with Gasteiger partial charge in [0.05, 0.1) is 16.6 Å². The second-order valence-electron chi connectivity index (χ2n) is 8.09. The average Bonchev–Trinajstić information content (AvgIpc) is 2.86. The average molecular weight is 529 g/mol. The molecule has 0 saturated carbocycles. The first-order valence-electron chi connectivity index (χ1n) is 10.8. The van der Waals surface area contributed by atoms with Crippen molar-refractivity contribution < 1.29 is 13.8 Å². The van der Waals surface area contributed by atoms with Crippen molar-refractivity contribution in [3.63, 3.8) is 0 Å². The summed E-state index contributed by atoms with van der Waals surface area (Å²) in [7, 11) is 0. The summed E-state index contributed by atoms with van der Waals surface area (Å²) in [5.74, 6) is -0.434. The highest BCUT2D eigenvalue weighted by molar-refractivity contribution is 7.91. The van der Waals surface area contributed by atoms with Crippen LogP contribution in [0, 0.1) is 12.7 Å². The molecule has 4 aromatic rings. The van der Waals surface area contributed by atoms with E-state index in [4.69, 9.17) is 28.0 Å². The Morgan fingerprint density at radius 1 is 1.09 bits per heavy atom. The van der Waals surface area contributed by atoms with Gasteiger partial charge in [-0.15, -0.1) is 5.10 Å². The van der Waals surface area contributed by atoms with E-state index < -0.39 is 17.0 Å². The number of benzene rings is 3. The number of rotatable bonds is 5. The first-order valence-corrected chi connectivity index (χ1v) is 12.7. The van der Waals surface area contributed by atoms with Crippen LogP contribution >= 0.6 is 23.2 Å². The van der Waals surface area contributed by atoms with Gasteiger partial charge in [-0.2, -0.15) is 4.39 Å². The number of fused-ring (bicyclic) bond motifs is 1. The lowest BCUT2D eigenvalue weighted by atomic mass is 10.0. The molecule has 2 heterocycles. The third-order valence-electron chi connectivity index (χ3n) is 5.61. The molecule has 178 valence electrons. The predicted octanol–water partition coefficient (Wildman–Crippen LogP) is 5.44. The van der Waals surface area contributed by atoms with E-state index in [-0.39, 0.29) is 21.0 Å². The summed E-state index contributed by atoms with van der Waals surface area (Å²) < 4.78 is 28.3. The largest absolute Gasteiger partial charge is 0.605 e. The maximum atomic E-state index is 14.7. The van der Waals surface area contributed by atoms with Crippen LogP contribution in [-0.4, -0.2) is 33.2 Å². The van der Waals surface area contributed by atoms with Crippen LogP contribution in [0.25, 0.3) is 10.9 Å². The van der Waals surface area contributed by atoms with Crippen LogP contribution in [0.4, 0.5) is 4.39 Å². The summed E-state index contributed by atoms with van der Waals surface area (Å²) in [6.45, 7) is 2.29. The van der Waals surface area contributed by atoms with Crippen molar-refractivity contribution in [3.05, 3.63) is 93.2 Å². The van der Waals surface area contributed by atoms with Gasteiger partial charge in [0.15, 0.2) is 16.5 Å². The fourth-order valence-corrected chi connectivity index (χ4v) is 5.62. The van der Waals surface area contributed by atoms with E-state index in [9.17, 15) is 8.94 Å². The molecule has 35 heavy (non-hydrogen) atoms. The second-order valence-corrected chi connectivity index (χ2v) is 10.3. The molecule has 1 N–H and O–H groups in total. The molecule has 0 bridgehead atoms. The molecule has 1 aliphatic heterocycles. The van der Waals surface area contributed by atoms with Crippen LogP contribution in [0.2, 0.25) is 10.0 Å². The van der Waals surface area contributed by atoms with Crippen LogP contribution in [0.3, 0.4) is 0 Å². The van der Waals surface area contributed by atoms with Crippen molar-refractivity contribution in [1.29, 1.82) is 0 Å². The van der Waals surface area contributed by atoms with E-state index in [1.165, 1.54) is 18.2 Å². The van der Waals surface area contributed by atoms with Crippen molar-refractivity contribution in [2.45, 2.75) is 29.3 Å². The van der Waals surface area contributed by atoms with E-state index in [2.05, 4.69) is 20.7 Å². The Hall–Kier alpha value is -2.91. The standard InChI is InChI=1S/C25H19Cl2FN4O2S/c1-14-9-10-15(19(27)11-14)12-16-13-34-32-24(29-16)22-17-5-2-3-7-20(17)30-31-25(22)35(33)21-8-4-6-18(26)23(21)28/h2-11,16H,12-13H2,1H3,(H,29,32). The molecule has 2 unspecified atom stereocenters. The molecule has 1 aromatic heterocycles. The molecule has 0 radical (unpaired) electrons. The van der Waals surface area contributed by atoms with E-state index >= 15 is 0 Å². The predicted molar refractivity (Wildman–Crippen MR) is 135 cm³/mol. The Labute approximate surface area is 214 Å². The smallest absolute Gasteiger partial charge is 0.281 e. The molecule has 0 spiro atoms. The van der Waals surface area contributed by atoms with E-state index in [0.29, 0.717) is 40.4 Å². The molecule has 0 aliphatic carbocycles. The molecule has 3 aromatic carbocycles. The fourth-order valence-electron chi connectivity index (χ4n) is 3.89. The molecule has 6 nitrogen and oxygen atoms in total. The van der Waals surface area contributed by atoms with Gasteiger partial charge in [0, 0.05) is 21.6 Å². The number of amidine groups is 1. The van der Waals surface area contributed by atoms with Crippen molar-refractivity contribution in [1.82, 2.24) is 15.5 Å². The number of halogens is 3. The molecule has 0 saturated heterocycles. The summed E-state index contributed by atoms with van der Waals surface area (Å²) in [5, 5.41) is 17.2. The van der Waals surface area contributed by atoms with Crippen molar-refractivity contribution in [2.75, 3.05) is 6.61 Å². The third kappa shape index (κ3) is 4.79. The zero-order valence-corrected chi connectivity index (χ0v) is 20.8. The lowest BCUT2D eigenvalue weighted by Gasteiger charge is -2.25. The minimum absolute atomic E-state index is 0.0498. The maximum Gasteiger partial charge on any atom is 0.281 e. The number of hydrogen-bond acceptors (Lipinski definition) is 6. The van der Waals surface area contributed by atoms with Crippen LogP contribution < -0.4 is 5.32 Å². The van der Waals surface area contributed by atoms with Gasteiger partial charge in [0.2, 0.25) is 0 Å². The zero-order chi connectivity index (χ0) is 24.5. The maximum absolute atomic E-state index is 14.7. The Morgan fingerprint density at radius 2 is 1.91 bits per heavy atom. The van der Waals surface area contributed by atoms with Gasteiger partial charge < -0.3 is 14.7 Å². The molecule has 10 heteroatoms. The van der Waals surface area contributed by atoms with Gasteiger partial charge in [0.1, 0.15) is 12.2 Å². The van der Waals surface area contributed by atoms with Crippen molar-refractivity contribution in [3.8, 4) is 0 Å². The summed E-state index contributed by atoms with van der Waals surface area (Å²) in [6, 6.07) is 17.3. The van der Waals surface area contributed by atoms with E-state index in [0.717, 1.165) is 11.1 Å². The Kier molecular flexibility index (Phi) is 6.80. The van der Waals surface area contributed by atoms with Gasteiger partial charge in [-0.25, -0.2) is 0 Å². The number of nitrogens with one attached hydrogen (secondary N) is 1. The molecule has 0 amide bonds. The second kappa shape index (κ2) is 9.99. The SMILES string of the molecule is Cc1ccc(CC2CON=C(c3c([S+]([O-])c4cccc(Cl)c4F)nnc4ccccc34)N2)c(Cl)c1. The number of nitrogens with zero attached hydrogens (tertiary/aromatic N) is 3. The van der Waals surface area contributed by atoms with Crippen LogP contribution in [0.15, 0.2) is 75.7 Å². The highest BCUT2D eigenvalue weighted by Crippen LogP contribution is 2.31. The summed E-state index contributed by atoms with van der Waals surface area (Å²) in [6.07, 6.45) is 0.579. The summed E-state index contributed by atoms with van der Waals surface area (Å²) >= 11 is 10.4. The Bertz CT molecular complexity index is 1450. The number of hydrogen-bond donors (Lipinski definition) is 1. The molecular formula is C25H19Cl2FN4O2S. The molecule has 0 fully saturated rings. The van der Waals surface area contributed by atoms with Gasteiger partial charge in [-0.1, -0.05) is 69.9 Å². The van der Waals surface area contributed by atoms with Gasteiger partial charge in [0.25, 0.3) is 5.03 Å². The van der Waals surface area contributed by atoms with Crippen molar-refractivity contribution in [2.24, 2.45) is 5.16 Å². The number of oxime groups is 1. The van der Waals surface area contributed by atoms with Crippen LogP contribution in [0.1, 0.15) is 16.7 Å². The van der Waals surface area contributed by atoms with Crippen LogP contribution in [0.5, 0.6) is 0 Å². The minimum Gasteiger partial charge on any atom is -0.605 e. The highest BCUT2D eigenvalue weighted by Gasteiger charge is 2.32. The first kappa shape index (κ1) is 23.8. The topological polar surface area (TPSA) is 82.5 Å². The third-order valence-corrected chi connectivity index (χ3v) is 7.61. The van der Waals surface area contributed by atoms with Gasteiger partial charge >= 0.3 is 0 Å². The number of aryl methyl sites for hydroxylation is 1. The molecule has 5 rings (SSSR count). The van der Waals surface area contributed by atoms with Crippen LogP contribution in [-0.2, 0) is 22.4 Å². The number of aromatic nitrogens is 2. The lowest BCUT2D eigenvalue weighted by Crippen LogP contribution is -2.44. The van der Waals surface area contributed by atoms with Gasteiger partial charge in [-0.05, 0) is 48.7 Å². The van der Waals surface area contributed by atoms with Crippen molar-refractivity contribution >= 4 is 51.1 Å². The molecule has 1 aliphatic rings. The monoisotopic (exact) mass is 528 g/mol.